The van der Waals surface area contributed by atoms with Crippen molar-refractivity contribution in [1.29, 1.82) is 0 Å². The lowest BCUT2D eigenvalue weighted by Crippen LogP contribution is -2.50. The Balaban J connectivity index is 0. The summed E-state index contributed by atoms with van der Waals surface area (Å²) in [4.78, 5) is 13.9. The number of carbonyl (C=O) groups excluding carboxylic acids is 1. The lowest BCUT2D eigenvalue weighted by Gasteiger charge is -2.27. The van der Waals surface area contributed by atoms with E-state index < -0.39 is 0 Å². The van der Waals surface area contributed by atoms with E-state index in [1.54, 1.807) is 0 Å². The maximum absolute atomic E-state index is 12.0. The van der Waals surface area contributed by atoms with Crippen LogP contribution in [0.4, 0.5) is 0 Å². The third kappa shape index (κ3) is 7.48. The Labute approximate surface area is 151 Å². The van der Waals surface area contributed by atoms with E-state index in [2.05, 4.69) is 15.5 Å². The quantitative estimate of drug-likeness (QED) is 0.715. The van der Waals surface area contributed by atoms with Crippen molar-refractivity contribution in [2.45, 2.75) is 45.7 Å². The highest BCUT2D eigenvalue weighted by Crippen LogP contribution is 2.09. The van der Waals surface area contributed by atoms with Gasteiger partial charge in [-0.05, 0) is 26.8 Å². The lowest BCUT2D eigenvalue weighted by atomic mass is 9.94. The first-order chi connectivity index (χ1) is 9.81. The summed E-state index contributed by atoms with van der Waals surface area (Å²) >= 11 is 0. The number of rotatable bonds is 8. The first kappa shape index (κ1) is 24.4. The van der Waals surface area contributed by atoms with Crippen molar-refractivity contribution in [1.82, 2.24) is 25.0 Å². The highest BCUT2D eigenvalue weighted by atomic mass is 35.5. The van der Waals surface area contributed by atoms with Crippen LogP contribution in [0.25, 0.3) is 0 Å². The van der Waals surface area contributed by atoms with E-state index in [-0.39, 0.29) is 36.3 Å². The largest absolute Gasteiger partial charge is 0.353 e. The number of halogens is 2. The minimum atomic E-state index is -0.311. The van der Waals surface area contributed by atoms with Gasteiger partial charge >= 0.3 is 0 Å². The molecule has 7 nitrogen and oxygen atoms in total. The van der Waals surface area contributed by atoms with Crippen molar-refractivity contribution in [3.63, 3.8) is 0 Å². The van der Waals surface area contributed by atoms with Gasteiger partial charge in [0.2, 0.25) is 5.91 Å². The van der Waals surface area contributed by atoms with E-state index in [0.29, 0.717) is 19.6 Å². The highest BCUT2D eigenvalue weighted by molar-refractivity contribution is 5.85. The molecule has 0 aliphatic carbocycles. The monoisotopic (exact) mass is 368 g/mol. The topological polar surface area (TPSA) is 89.1 Å². The minimum absolute atomic E-state index is 0. The lowest BCUT2D eigenvalue weighted by molar-refractivity contribution is -0.122. The zero-order chi connectivity index (χ0) is 16.0. The van der Waals surface area contributed by atoms with Gasteiger partial charge in [-0.3, -0.25) is 9.69 Å². The average Bonchev–Trinajstić information content (AvgIpc) is 2.76. The third-order valence-corrected chi connectivity index (χ3v) is 4.05. The fraction of sp³-hybridized carbons (Fsp3) is 0.786. The summed E-state index contributed by atoms with van der Waals surface area (Å²) in [5.41, 5.74) is 5.86. The van der Waals surface area contributed by atoms with Crippen LogP contribution in [0, 0.1) is 6.92 Å². The number of amides is 1. The molecule has 1 aromatic heterocycles. The summed E-state index contributed by atoms with van der Waals surface area (Å²) in [7, 11) is 3.81. The molecule has 3 N–H and O–H groups in total. The van der Waals surface area contributed by atoms with Crippen LogP contribution in [0.15, 0.2) is 0 Å². The number of nitrogens with one attached hydrogen (secondary N) is 1. The van der Waals surface area contributed by atoms with Crippen LogP contribution in [-0.2, 0) is 18.4 Å². The minimum Gasteiger partial charge on any atom is -0.353 e. The number of aryl methyl sites for hydroxylation is 1. The van der Waals surface area contributed by atoms with Gasteiger partial charge in [-0.1, -0.05) is 13.8 Å². The van der Waals surface area contributed by atoms with E-state index in [0.717, 1.165) is 24.5 Å². The van der Waals surface area contributed by atoms with Gasteiger partial charge < -0.3 is 15.6 Å². The van der Waals surface area contributed by atoms with Gasteiger partial charge in [0.1, 0.15) is 11.6 Å². The maximum Gasteiger partial charge on any atom is 0.234 e. The molecule has 0 saturated heterocycles. The van der Waals surface area contributed by atoms with Crippen LogP contribution < -0.4 is 11.1 Å². The van der Waals surface area contributed by atoms with Gasteiger partial charge in [0.05, 0.1) is 13.1 Å². The second kappa shape index (κ2) is 10.8. The second-order valence-corrected chi connectivity index (χ2v) is 5.74. The fourth-order valence-corrected chi connectivity index (χ4v) is 1.96. The first-order valence-electron chi connectivity index (χ1n) is 7.40. The maximum atomic E-state index is 12.0. The summed E-state index contributed by atoms with van der Waals surface area (Å²) in [6.07, 6.45) is 1.69. The van der Waals surface area contributed by atoms with Crippen LogP contribution in [0.5, 0.6) is 0 Å². The molecule has 136 valence electrons. The van der Waals surface area contributed by atoms with Crippen LogP contribution in [-0.4, -0.2) is 51.2 Å². The van der Waals surface area contributed by atoms with Gasteiger partial charge in [-0.2, -0.15) is 0 Å². The predicted molar refractivity (Wildman–Crippen MR) is 97.1 cm³/mol. The SMILES string of the molecule is CCC(N)(CC)CNC(=O)CN(C)Cc1nnc(C)n1C.Cl.Cl. The Morgan fingerprint density at radius 2 is 1.87 bits per heavy atom. The van der Waals surface area contributed by atoms with Gasteiger partial charge in [-0.15, -0.1) is 35.0 Å². The van der Waals surface area contributed by atoms with E-state index >= 15 is 0 Å². The molecule has 0 atom stereocenters. The third-order valence-electron chi connectivity index (χ3n) is 4.05. The normalized spacial score (nSPS) is 10.9. The smallest absolute Gasteiger partial charge is 0.234 e. The number of likely N-dealkylation sites (N-methyl/N-ethyl adjacent to an activating group) is 1. The van der Waals surface area contributed by atoms with Crippen molar-refractivity contribution < 1.29 is 4.79 Å². The molecule has 1 amide bonds. The van der Waals surface area contributed by atoms with E-state index in [1.807, 2.05) is 44.3 Å². The summed E-state index contributed by atoms with van der Waals surface area (Å²) in [5, 5.41) is 11.0. The standard InChI is InChI=1S/C14H28N6O.2ClH/c1-6-14(15,7-2)10-16-13(21)9-19(4)8-12-18-17-11(3)20(12)5;;/h6-10,15H2,1-5H3,(H,16,21);2*1H. The molecule has 1 rings (SSSR count). The Hall–Kier alpha value is -0.890. The summed E-state index contributed by atoms with van der Waals surface area (Å²) in [5.74, 6) is 1.69. The molecule has 1 heterocycles. The molecule has 0 aromatic carbocycles. The Kier molecular flexibility index (Phi) is 11.4. The first-order valence-corrected chi connectivity index (χ1v) is 7.40. The van der Waals surface area contributed by atoms with Crippen molar-refractivity contribution in [3.8, 4) is 0 Å². The summed E-state index contributed by atoms with van der Waals surface area (Å²) < 4.78 is 1.92. The molecule has 0 radical (unpaired) electrons. The predicted octanol–water partition coefficient (Wildman–Crippen LogP) is 1.03. The molecule has 0 unspecified atom stereocenters. The van der Waals surface area contributed by atoms with Gasteiger partial charge in [-0.25, -0.2) is 0 Å². The Morgan fingerprint density at radius 3 is 2.30 bits per heavy atom. The second-order valence-electron chi connectivity index (χ2n) is 5.74. The number of hydrogen-bond donors (Lipinski definition) is 2. The van der Waals surface area contributed by atoms with Crippen molar-refractivity contribution in [2.24, 2.45) is 12.8 Å². The van der Waals surface area contributed by atoms with E-state index in [1.165, 1.54) is 0 Å². The number of carbonyl (C=O) groups is 1. The van der Waals surface area contributed by atoms with Crippen LogP contribution in [0.2, 0.25) is 0 Å². The van der Waals surface area contributed by atoms with Gasteiger partial charge in [0.25, 0.3) is 0 Å². The molecule has 0 saturated carbocycles. The van der Waals surface area contributed by atoms with Crippen LogP contribution in [0.1, 0.15) is 38.3 Å². The van der Waals surface area contributed by atoms with Crippen molar-refractivity contribution >= 4 is 30.7 Å². The van der Waals surface area contributed by atoms with Crippen LogP contribution in [0.3, 0.4) is 0 Å². The molecule has 1 aromatic rings. The zero-order valence-corrected chi connectivity index (χ0v) is 16.3. The molecule has 0 fully saturated rings. The molecule has 9 heteroatoms. The van der Waals surface area contributed by atoms with Crippen molar-refractivity contribution in [2.75, 3.05) is 20.1 Å². The average molecular weight is 369 g/mol. The number of aromatic nitrogens is 3. The number of nitrogens with two attached hydrogens (primary N) is 1. The summed E-state index contributed by atoms with van der Waals surface area (Å²) in [6, 6.07) is 0. The number of nitrogens with zero attached hydrogens (tertiary/aromatic N) is 4. The molecular weight excluding hydrogens is 339 g/mol. The summed E-state index contributed by atoms with van der Waals surface area (Å²) in [6.45, 7) is 7.39. The van der Waals surface area contributed by atoms with Crippen molar-refractivity contribution in [3.05, 3.63) is 11.6 Å². The Morgan fingerprint density at radius 1 is 1.30 bits per heavy atom. The molecular formula is C14H30Cl2N6O. The number of hydrogen-bond acceptors (Lipinski definition) is 5. The van der Waals surface area contributed by atoms with Gasteiger partial charge in [0.15, 0.2) is 0 Å². The molecule has 0 spiro atoms. The zero-order valence-electron chi connectivity index (χ0n) is 14.6. The highest BCUT2D eigenvalue weighted by Gasteiger charge is 2.21. The van der Waals surface area contributed by atoms with E-state index in [4.69, 9.17) is 5.73 Å². The van der Waals surface area contributed by atoms with Gasteiger partial charge in [0, 0.05) is 19.1 Å². The molecule has 0 aliphatic rings. The molecule has 23 heavy (non-hydrogen) atoms. The fourth-order valence-electron chi connectivity index (χ4n) is 1.96. The van der Waals surface area contributed by atoms with E-state index in [9.17, 15) is 4.79 Å². The Bertz CT molecular complexity index is 476. The molecule has 0 aliphatic heterocycles. The molecule has 0 bridgehead atoms. The van der Waals surface area contributed by atoms with Crippen LogP contribution >= 0.6 is 24.8 Å².